The number of halogens is 1. The van der Waals surface area contributed by atoms with Crippen molar-refractivity contribution >= 4 is 43.0 Å². The molecule has 1 aromatic carbocycles. The first kappa shape index (κ1) is 15.2. The van der Waals surface area contributed by atoms with Crippen molar-refractivity contribution in [1.29, 1.82) is 0 Å². The molecule has 0 saturated carbocycles. The van der Waals surface area contributed by atoms with Gasteiger partial charge in [0.1, 0.15) is 4.90 Å². The van der Waals surface area contributed by atoms with Gasteiger partial charge in [-0.25, -0.2) is 8.42 Å². The third-order valence-corrected chi connectivity index (χ3v) is 7.29. The van der Waals surface area contributed by atoms with Crippen LogP contribution in [0.2, 0.25) is 5.02 Å². The molecule has 0 radical (unpaired) electrons. The van der Waals surface area contributed by atoms with E-state index in [1.807, 2.05) is 13.0 Å². The Kier molecular flexibility index (Phi) is 4.00. The number of piperidine rings is 1. The van der Waals surface area contributed by atoms with Crippen molar-refractivity contribution in [2.45, 2.75) is 30.7 Å². The number of sulfonamides is 1. The molecule has 0 bridgehead atoms. The summed E-state index contributed by atoms with van der Waals surface area (Å²) < 4.78 is 28.4. The summed E-state index contributed by atoms with van der Waals surface area (Å²) in [5.41, 5.74) is 5.93. The molecule has 1 aliphatic rings. The van der Waals surface area contributed by atoms with Gasteiger partial charge in [0.2, 0.25) is 10.0 Å². The summed E-state index contributed by atoms with van der Waals surface area (Å²) in [6.45, 7) is 2.77. The zero-order chi connectivity index (χ0) is 15.2. The lowest BCUT2D eigenvalue weighted by Crippen LogP contribution is -2.45. The number of fused-ring (bicyclic) bond motifs is 1. The molecule has 2 N–H and O–H groups in total. The van der Waals surface area contributed by atoms with E-state index in [-0.39, 0.29) is 6.04 Å². The maximum atomic E-state index is 13.0. The van der Waals surface area contributed by atoms with Gasteiger partial charge in [-0.2, -0.15) is 4.31 Å². The molecule has 2 heterocycles. The van der Waals surface area contributed by atoms with Gasteiger partial charge < -0.3 is 5.73 Å². The minimum atomic E-state index is -3.52. The van der Waals surface area contributed by atoms with E-state index in [1.165, 1.54) is 15.6 Å². The molecule has 0 spiro atoms. The number of hydrogen-bond acceptors (Lipinski definition) is 4. The average Bonchev–Trinajstić information content (AvgIpc) is 2.74. The molecular weight excluding hydrogens is 328 g/mol. The Morgan fingerprint density at radius 1 is 1.43 bits per heavy atom. The van der Waals surface area contributed by atoms with Crippen LogP contribution in [0.15, 0.2) is 23.1 Å². The minimum Gasteiger partial charge on any atom is -0.327 e. The smallest absolute Gasteiger partial charge is 0.244 e. The highest BCUT2D eigenvalue weighted by molar-refractivity contribution is 7.89. The standard InChI is InChI=1S/C14H17ClN2O2S2/c1-9-14(12-7-10(15)4-5-13(12)20-9)21(18,19)17-6-2-3-11(16)8-17/h4-5,7,11H,2-3,6,8,16H2,1H3. The van der Waals surface area contributed by atoms with Gasteiger partial charge in [0, 0.05) is 39.1 Å². The Morgan fingerprint density at radius 3 is 2.90 bits per heavy atom. The maximum Gasteiger partial charge on any atom is 0.244 e. The van der Waals surface area contributed by atoms with Gasteiger partial charge >= 0.3 is 0 Å². The number of nitrogens with two attached hydrogens (primary N) is 1. The van der Waals surface area contributed by atoms with E-state index in [1.54, 1.807) is 12.1 Å². The second kappa shape index (κ2) is 5.52. The highest BCUT2D eigenvalue weighted by Gasteiger charge is 2.32. The van der Waals surface area contributed by atoms with E-state index in [9.17, 15) is 8.42 Å². The summed E-state index contributed by atoms with van der Waals surface area (Å²) in [6, 6.07) is 5.31. The highest BCUT2D eigenvalue weighted by atomic mass is 35.5. The fourth-order valence-electron chi connectivity index (χ4n) is 2.81. The molecule has 0 aliphatic carbocycles. The van der Waals surface area contributed by atoms with E-state index in [0.717, 1.165) is 22.4 Å². The summed E-state index contributed by atoms with van der Waals surface area (Å²) in [7, 11) is -3.52. The number of aryl methyl sites for hydroxylation is 1. The fourth-order valence-corrected chi connectivity index (χ4v) is 6.25. The van der Waals surface area contributed by atoms with Gasteiger partial charge in [-0.3, -0.25) is 0 Å². The van der Waals surface area contributed by atoms with Crippen LogP contribution < -0.4 is 5.73 Å². The van der Waals surface area contributed by atoms with Crippen molar-refractivity contribution in [2.24, 2.45) is 5.73 Å². The fraction of sp³-hybridized carbons (Fsp3) is 0.429. The number of hydrogen-bond donors (Lipinski definition) is 1. The molecule has 21 heavy (non-hydrogen) atoms. The second-order valence-corrected chi connectivity index (χ2v) is 8.96. The van der Waals surface area contributed by atoms with Crippen molar-refractivity contribution in [3.05, 3.63) is 28.1 Å². The summed E-state index contributed by atoms with van der Waals surface area (Å²) in [6.07, 6.45) is 1.68. The van der Waals surface area contributed by atoms with Crippen LogP contribution in [0.5, 0.6) is 0 Å². The van der Waals surface area contributed by atoms with Gasteiger partial charge in [0.15, 0.2) is 0 Å². The monoisotopic (exact) mass is 344 g/mol. The number of benzene rings is 1. The first-order chi connectivity index (χ1) is 9.89. The molecule has 1 aromatic heterocycles. The largest absolute Gasteiger partial charge is 0.327 e. The molecule has 114 valence electrons. The Morgan fingerprint density at radius 2 is 2.19 bits per heavy atom. The van der Waals surface area contributed by atoms with Crippen LogP contribution in [-0.2, 0) is 10.0 Å². The van der Waals surface area contributed by atoms with Gasteiger partial charge in [-0.1, -0.05) is 11.6 Å². The minimum absolute atomic E-state index is 0.0812. The van der Waals surface area contributed by atoms with Crippen LogP contribution >= 0.6 is 22.9 Å². The Bertz CT molecular complexity index is 786. The second-order valence-electron chi connectivity index (χ2n) is 5.39. The van der Waals surface area contributed by atoms with Gasteiger partial charge in [0.25, 0.3) is 0 Å². The Hall–Kier alpha value is -0.660. The van der Waals surface area contributed by atoms with Crippen LogP contribution in [-0.4, -0.2) is 31.9 Å². The zero-order valence-corrected chi connectivity index (χ0v) is 14.1. The van der Waals surface area contributed by atoms with Crippen molar-refractivity contribution in [1.82, 2.24) is 4.31 Å². The molecule has 2 aromatic rings. The lowest BCUT2D eigenvalue weighted by molar-refractivity contribution is 0.316. The van der Waals surface area contributed by atoms with Crippen molar-refractivity contribution in [3.8, 4) is 0 Å². The summed E-state index contributed by atoms with van der Waals surface area (Å²) in [4.78, 5) is 1.19. The normalized spacial score (nSPS) is 21.0. The first-order valence-electron chi connectivity index (χ1n) is 6.84. The van der Waals surface area contributed by atoms with Crippen LogP contribution in [0, 0.1) is 6.92 Å². The molecule has 3 rings (SSSR count). The van der Waals surface area contributed by atoms with Crippen molar-refractivity contribution in [3.63, 3.8) is 0 Å². The van der Waals surface area contributed by atoms with Gasteiger partial charge in [-0.15, -0.1) is 11.3 Å². The van der Waals surface area contributed by atoms with E-state index < -0.39 is 10.0 Å². The van der Waals surface area contributed by atoms with Crippen LogP contribution in [0.25, 0.3) is 10.1 Å². The number of thiophene rings is 1. The summed E-state index contributed by atoms with van der Waals surface area (Å²) in [5.74, 6) is 0. The SMILES string of the molecule is Cc1sc2ccc(Cl)cc2c1S(=O)(=O)N1CCCC(N)C1. The molecule has 1 fully saturated rings. The lowest BCUT2D eigenvalue weighted by atomic mass is 10.1. The van der Waals surface area contributed by atoms with Crippen LogP contribution in [0.3, 0.4) is 0 Å². The first-order valence-corrected chi connectivity index (χ1v) is 9.47. The predicted molar refractivity (Wildman–Crippen MR) is 87.5 cm³/mol. The maximum absolute atomic E-state index is 13.0. The molecule has 1 aliphatic heterocycles. The average molecular weight is 345 g/mol. The topological polar surface area (TPSA) is 63.4 Å². The predicted octanol–water partition coefficient (Wildman–Crippen LogP) is 2.97. The number of nitrogens with zero attached hydrogens (tertiary/aromatic N) is 1. The molecule has 1 unspecified atom stereocenters. The quantitative estimate of drug-likeness (QED) is 0.910. The van der Waals surface area contributed by atoms with Gasteiger partial charge in [-0.05, 0) is 38.0 Å². The molecule has 1 atom stereocenters. The Balaban J connectivity index is 2.14. The summed E-state index contributed by atoms with van der Waals surface area (Å²) >= 11 is 7.52. The highest BCUT2D eigenvalue weighted by Crippen LogP contribution is 2.37. The molecule has 0 amide bonds. The molecule has 1 saturated heterocycles. The van der Waals surface area contributed by atoms with Crippen LogP contribution in [0.1, 0.15) is 17.7 Å². The zero-order valence-electron chi connectivity index (χ0n) is 11.7. The van der Waals surface area contributed by atoms with E-state index >= 15 is 0 Å². The van der Waals surface area contributed by atoms with Crippen molar-refractivity contribution in [2.75, 3.05) is 13.1 Å². The van der Waals surface area contributed by atoms with Crippen molar-refractivity contribution < 1.29 is 8.42 Å². The third-order valence-electron chi connectivity index (χ3n) is 3.79. The Labute approximate surface area is 133 Å². The van der Waals surface area contributed by atoms with Crippen LogP contribution in [0.4, 0.5) is 0 Å². The molecule has 4 nitrogen and oxygen atoms in total. The molecule has 7 heteroatoms. The van der Waals surface area contributed by atoms with E-state index in [0.29, 0.717) is 28.4 Å². The van der Waals surface area contributed by atoms with Gasteiger partial charge in [0.05, 0.1) is 0 Å². The third kappa shape index (κ3) is 2.71. The lowest BCUT2D eigenvalue weighted by Gasteiger charge is -2.30. The van der Waals surface area contributed by atoms with E-state index in [4.69, 9.17) is 17.3 Å². The number of rotatable bonds is 2. The summed E-state index contributed by atoms with van der Waals surface area (Å²) in [5, 5.41) is 1.26. The van der Waals surface area contributed by atoms with E-state index in [2.05, 4.69) is 0 Å². The molecular formula is C14H17ClN2O2S2.